The average Bonchev–Trinajstić information content (AvgIpc) is 2.99. The van der Waals surface area contributed by atoms with E-state index in [0.29, 0.717) is 12.2 Å². The molecule has 0 aliphatic carbocycles. The zero-order valence-corrected chi connectivity index (χ0v) is 15.0. The number of nitrogens with zero attached hydrogens (tertiary/aromatic N) is 3. The van der Waals surface area contributed by atoms with Crippen LogP contribution in [0.5, 0.6) is 0 Å². The quantitative estimate of drug-likeness (QED) is 0.879. The van der Waals surface area contributed by atoms with Crippen LogP contribution in [0, 0.1) is 5.92 Å². The molecule has 2 N–H and O–H groups in total. The van der Waals surface area contributed by atoms with Crippen LogP contribution in [0.2, 0.25) is 0 Å². The monoisotopic (exact) mass is 341 g/mol. The second-order valence-corrected chi connectivity index (χ2v) is 7.01. The van der Waals surface area contributed by atoms with Gasteiger partial charge in [0.15, 0.2) is 0 Å². The Bertz CT molecular complexity index is 694. The third kappa shape index (κ3) is 5.32. The molecular weight excluding hydrogens is 314 g/mol. The van der Waals surface area contributed by atoms with Gasteiger partial charge in [-0.1, -0.05) is 31.2 Å². The summed E-state index contributed by atoms with van der Waals surface area (Å²) in [5.41, 5.74) is 3.11. The van der Waals surface area contributed by atoms with Gasteiger partial charge in [0.1, 0.15) is 0 Å². The molecule has 6 heteroatoms. The van der Waals surface area contributed by atoms with Crippen LogP contribution in [0.3, 0.4) is 0 Å². The number of hydrogen-bond acceptors (Lipinski definition) is 3. The Hall–Kier alpha value is -2.34. The Morgan fingerprint density at radius 2 is 2.04 bits per heavy atom. The van der Waals surface area contributed by atoms with Crippen LogP contribution < -0.4 is 10.6 Å². The van der Waals surface area contributed by atoms with Gasteiger partial charge in [0.05, 0.1) is 11.9 Å². The largest absolute Gasteiger partial charge is 0.334 e. The van der Waals surface area contributed by atoms with E-state index in [4.69, 9.17) is 0 Å². The summed E-state index contributed by atoms with van der Waals surface area (Å²) in [7, 11) is 1.81. The van der Waals surface area contributed by atoms with Crippen molar-refractivity contribution < 1.29 is 4.79 Å². The molecule has 1 aromatic carbocycles. The molecule has 0 radical (unpaired) electrons. The lowest BCUT2D eigenvalue weighted by atomic mass is 9.99. The van der Waals surface area contributed by atoms with E-state index in [2.05, 4.69) is 51.8 Å². The van der Waals surface area contributed by atoms with E-state index in [-0.39, 0.29) is 6.03 Å². The summed E-state index contributed by atoms with van der Waals surface area (Å²) < 4.78 is 1.65. The Morgan fingerprint density at radius 1 is 1.28 bits per heavy atom. The normalized spacial score (nSPS) is 18.1. The number of carbonyl (C=O) groups is 1. The van der Waals surface area contributed by atoms with Gasteiger partial charge in [-0.15, -0.1) is 0 Å². The van der Waals surface area contributed by atoms with E-state index in [1.54, 1.807) is 17.1 Å². The van der Waals surface area contributed by atoms with Crippen molar-refractivity contribution in [3.05, 3.63) is 47.8 Å². The first-order valence-electron chi connectivity index (χ1n) is 8.92. The Balaban J connectivity index is 1.45. The summed E-state index contributed by atoms with van der Waals surface area (Å²) in [5.74, 6) is 0.801. The lowest BCUT2D eigenvalue weighted by Gasteiger charge is -2.30. The number of nitrogens with one attached hydrogen (secondary N) is 2. The van der Waals surface area contributed by atoms with Crippen LogP contribution in [0.1, 0.15) is 30.9 Å². The van der Waals surface area contributed by atoms with E-state index in [1.807, 2.05) is 7.05 Å². The topological polar surface area (TPSA) is 62.2 Å². The summed E-state index contributed by atoms with van der Waals surface area (Å²) in [6.45, 7) is 6.24. The van der Waals surface area contributed by atoms with Crippen LogP contribution in [0.15, 0.2) is 36.7 Å². The summed E-state index contributed by atoms with van der Waals surface area (Å²) in [4.78, 5) is 14.4. The van der Waals surface area contributed by atoms with Crippen LogP contribution in [0.4, 0.5) is 10.5 Å². The van der Waals surface area contributed by atoms with Gasteiger partial charge in [-0.2, -0.15) is 5.10 Å². The molecule has 2 amide bonds. The number of anilines is 1. The smallest absolute Gasteiger partial charge is 0.319 e. The third-order valence-corrected chi connectivity index (χ3v) is 4.59. The molecule has 1 unspecified atom stereocenters. The predicted octanol–water partition coefficient (Wildman–Crippen LogP) is 2.97. The number of carbonyl (C=O) groups excluding carboxylic acids is 1. The van der Waals surface area contributed by atoms with Gasteiger partial charge in [-0.3, -0.25) is 9.58 Å². The zero-order chi connectivity index (χ0) is 17.6. The molecule has 2 heterocycles. The number of aryl methyl sites for hydroxylation is 1. The van der Waals surface area contributed by atoms with Crippen LogP contribution in [0.25, 0.3) is 0 Å². The van der Waals surface area contributed by atoms with Crippen LogP contribution in [-0.4, -0.2) is 33.8 Å². The first-order chi connectivity index (χ1) is 12.1. The van der Waals surface area contributed by atoms with Gasteiger partial charge in [0, 0.05) is 32.9 Å². The molecule has 1 atom stereocenters. The molecule has 0 bridgehead atoms. The molecule has 1 aliphatic heterocycles. The highest BCUT2D eigenvalue weighted by atomic mass is 16.2. The molecule has 0 saturated carbocycles. The minimum atomic E-state index is -0.223. The predicted molar refractivity (Wildman–Crippen MR) is 99.2 cm³/mol. The summed E-state index contributed by atoms with van der Waals surface area (Å²) in [6, 6.07) is 8.28. The number of piperidine rings is 1. The van der Waals surface area contributed by atoms with Crippen molar-refractivity contribution >= 4 is 11.7 Å². The van der Waals surface area contributed by atoms with Crippen molar-refractivity contribution in [2.45, 2.75) is 32.9 Å². The van der Waals surface area contributed by atoms with E-state index in [0.717, 1.165) is 18.0 Å². The number of amides is 2. The zero-order valence-electron chi connectivity index (χ0n) is 15.0. The molecule has 3 rings (SSSR count). The standard InChI is InChI=1S/C19H27N5O/c1-15-4-3-9-24(12-15)13-17-7-5-16(6-8-17)10-20-19(25)22-18-11-21-23(2)14-18/h5-8,11,14-15H,3-4,9-10,12-13H2,1-2H3,(H2,20,22,25). The molecule has 1 aromatic heterocycles. The van der Waals surface area contributed by atoms with Crippen molar-refractivity contribution in [3.8, 4) is 0 Å². The molecule has 1 fully saturated rings. The SMILES string of the molecule is CC1CCCN(Cc2ccc(CNC(=O)Nc3cnn(C)c3)cc2)C1. The van der Waals surface area contributed by atoms with Crippen molar-refractivity contribution in [1.29, 1.82) is 0 Å². The maximum absolute atomic E-state index is 11.9. The maximum atomic E-state index is 11.9. The average molecular weight is 341 g/mol. The molecule has 1 aliphatic rings. The fourth-order valence-corrected chi connectivity index (χ4v) is 3.29. The number of hydrogen-bond donors (Lipinski definition) is 2. The van der Waals surface area contributed by atoms with Gasteiger partial charge >= 0.3 is 6.03 Å². The van der Waals surface area contributed by atoms with Crippen LogP contribution in [-0.2, 0) is 20.1 Å². The van der Waals surface area contributed by atoms with Crippen molar-refractivity contribution in [1.82, 2.24) is 20.0 Å². The van der Waals surface area contributed by atoms with E-state index < -0.39 is 0 Å². The Labute approximate surface area is 149 Å². The Kier molecular flexibility index (Phi) is 5.71. The van der Waals surface area contributed by atoms with Gasteiger partial charge in [0.25, 0.3) is 0 Å². The minimum Gasteiger partial charge on any atom is -0.334 e. The van der Waals surface area contributed by atoms with Crippen molar-refractivity contribution in [3.63, 3.8) is 0 Å². The number of urea groups is 1. The third-order valence-electron chi connectivity index (χ3n) is 4.59. The lowest BCUT2D eigenvalue weighted by molar-refractivity contribution is 0.176. The molecule has 0 spiro atoms. The van der Waals surface area contributed by atoms with Gasteiger partial charge in [-0.05, 0) is 36.4 Å². The van der Waals surface area contributed by atoms with E-state index >= 15 is 0 Å². The summed E-state index contributed by atoms with van der Waals surface area (Å²) >= 11 is 0. The molecule has 1 saturated heterocycles. The molecular formula is C19H27N5O. The summed E-state index contributed by atoms with van der Waals surface area (Å²) in [6.07, 6.45) is 6.03. The van der Waals surface area contributed by atoms with E-state index in [9.17, 15) is 4.79 Å². The second kappa shape index (κ2) is 8.16. The molecule has 25 heavy (non-hydrogen) atoms. The number of benzene rings is 1. The molecule has 6 nitrogen and oxygen atoms in total. The molecule has 2 aromatic rings. The van der Waals surface area contributed by atoms with Crippen molar-refractivity contribution in [2.24, 2.45) is 13.0 Å². The lowest BCUT2D eigenvalue weighted by Crippen LogP contribution is -2.33. The molecule has 134 valence electrons. The first kappa shape index (κ1) is 17.5. The number of rotatable bonds is 5. The fourth-order valence-electron chi connectivity index (χ4n) is 3.29. The highest BCUT2D eigenvalue weighted by molar-refractivity contribution is 5.88. The highest BCUT2D eigenvalue weighted by Crippen LogP contribution is 2.18. The first-order valence-corrected chi connectivity index (χ1v) is 8.92. The number of likely N-dealkylation sites (tertiary alicyclic amines) is 1. The highest BCUT2D eigenvalue weighted by Gasteiger charge is 2.16. The number of aromatic nitrogens is 2. The maximum Gasteiger partial charge on any atom is 0.319 e. The minimum absolute atomic E-state index is 0.223. The van der Waals surface area contributed by atoms with Gasteiger partial charge < -0.3 is 10.6 Å². The second-order valence-electron chi connectivity index (χ2n) is 7.01. The van der Waals surface area contributed by atoms with Gasteiger partial charge in [0.2, 0.25) is 0 Å². The van der Waals surface area contributed by atoms with Crippen LogP contribution >= 0.6 is 0 Å². The summed E-state index contributed by atoms with van der Waals surface area (Å²) in [5, 5.41) is 9.65. The van der Waals surface area contributed by atoms with Gasteiger partial charge in [-0.25, -0.2) is 4.79 Å². The fraction of sp³-hybridized carbons (Fsp3) is 0.474. The van der Waals surface area contributed by atoms with E-state index in [1.165, 1.54) is 31.5 Å². The Morgan fingerprint density at radius 3 is 2.72 bits per heavy atom. The van der Waals surface area contributed by atoms with Crippen molar-refractivity contribution in [2.75, 3.05) is 18.4 Å².